The smallest absolute Gasteiger partial charge is 0.132 e. The molecule has 2 aromatic rings. The maximum atomic E-state index is 14.1. The predicted molar refractivity (Wildman–Crippen MR) is 75.3 cm³/mol. The predicted octanol–water partition coefficient (Wildman–Crippen LogP) is 3.94. The monoisotopic (exact) mass is 297 g/mol. The number of halogens is 3. The molecule has 0 aromatic heterocycles. The normalized spacial score (nSPS) is 12.2. The van der Waals surface area contributed by atoms with Gasteiger partial charge in [0.2, 0.25) is 0 Å². The van der Waals surface area contributed by atoms with Crippen molar-refractivity contribution in [2.75, 3.05) is 14.2 Å². The highest BCUT2D eigenvalue weighted by Crippen LogP contribution is 2.31. The number of hydrogen-bond acceptors (Lipinski definition) is 2. The van der Waals surface area contributed by atoms with E-state index >= 15 is 0 Å². The molecule has 0 spiro atoms. The summed E-state index contributed by atoms with van der Waals surface area (Å²) >= 11 is 6.08. The molecule has 0 aliphatic carbocycles. The summed E-state index contributed by atoms with van der Waals surface area (Å²) in [5.41, 5.74) is 0.860. The van der Waals surface area contributed by atoms with E-state index in [4.69, 9.17) is 16.3 Å². The molecule has 2 rings (SSSR count). The van der Waals surface area contributed by atoms with Crippen molar-refractivity contribution in [3.8, 4) is 5.75 Å². The van der Waals surface area contributed by atoms with Crippen molar-refractivity contribution in [3.63, 3.8) is 0 Å². The summed E-state index contributed by atoms with van der Waals surface area (Å²) in [6.07, 6.45) is 0. The third kappa shape index (κ3) is 2.92. The molecular weight excluding hydrogens is 284 g/mol. The first kappa shape index (κ1) is 14.8. The van der Waals surface area contributed by atoms with Gasteiger partial charge in [-0.25, -0.2) is 8.78 Å². The quantitative estimate of drug-likeness (QED) is 0.923. The Morgan fingerprint density at radius 1 is 1.10 bits per heavy atom. The van der Waals surface area contributed by atoms with Crippen LogP contribution in [0.2, 0.25) is 5.02 Å². The summed E-state index contributed by atoms with van der Waals surface area (Å²) in [7, 11) is 3.13. The van der Waals surface area contributed by atoms with Gasteiger partial charge in [-0.05, 0) is 36.9 Å². The SMILES string of the molecule is CNC(c1ccc(OC)cc1F)c1cc(F)ccc1Cl. The maximum Gasteiger partial charge on any atom is 0.132 e. The first-order chi connectivity index (χ1) is 9.56. The number of ether oxygens (including phenoxy) is 1. The molecule has 0 radical (unpaired) electrons. The minimum absolute atomic E-state index is 0.376. The third-order valence-corrected chi connectivity index (χ3v) is 3.42. The van der Waals surface area contributed by atoms with Crippen LogP contribution >= 0.6 is 11.6 Å². The van der Waals surface area contributed by atoms with Crippen LogP contribution in [0.15, 0.2) is 36.4 Å². The average molecular weight is 298 g/mol. The molecule has 20 heavy (non-hydrogen) atoms. The fourth-order valence-electron chi connectivity index (χ4n) is 2.08. The molecule has 2 aromatic carbocycles. The minimum atomic E-state index is -0.538. The first-order valence-corrected chi connectivity index (χ1v) is 6.40. The van der Waals surface area contributed by atoms with Gasteiger partial charge in [0, 0.05) is 16.7 Å². The molecule has 0 saturated heterocycles. The molecule has 0 saturated carbocycles. The Kier molecular flexibility index (Phi) is 4.57. The highest BCUT2D eigenvalue weighted by molar-refractivity contribution is 6.31. The summed E-state index contributed by atoms with van der Waals surface area (Å²) in [5, 5.41) is 3.32. The van der Waals surface area contributed by atoms with Crippen LogP contribution in [0.4, 0.5) is 8.78 Å². The summed E-state index contributed by atoms with van der Waals surface area (Å²) in [4.78, 5) is 0. The number of rotatable bonds is 4. The van der Waals surface area contributed by atoms with Gasteiger partial charge < -0.3 is 10.1 Å². The second-order valence-corrected chi connectivity index (χ2v) is 4.68. The van der Waals surface area contributed by atoms with Crippen molar-refractivity contribution in [2.24, 2.45) is 0 Å². The Bertz CT molecular complexity index is 619. The average Bonchev–Trinajstić information content (AvgIpc) is 2.44. The van der Waals surface area contributed by atoms with E-state index < -0.39 is 17.7 Å². The van der Waals surface area contributed by atoms with Gasteiger partial charge in [0.25, 0.3) is 0 Å². The fraction of sp³-hybridized carbons (Fsp3) is 0.200. The van der Waals surface area contributed by atoms with Gasteiger partial charge in [-0.3, -0.25) is 0 Å². The summed E-state index contributed by atoms with van der Waals surface area (Å²) in [5.74, 6) is -0.436. The molecule has 0 aliphatic heterocycles. The van der Waals surface area contributed by atoms with Gasteiger partial charge in [-0.1, -0.05) is 17.7 Å². The zero-order valence-electron chi connectivity index (χ0n) is 11.1. The Labute approximate surface area is 121 Å². The number of hydrogen-bond donors (Lipinski definition) is 1. The van der Waals surface area contributed by atoms with Crippen LogP contribution in [0, 0.1) is 11.6 Å². The van der Waals surface area contributed by atoms with E-state index in [2.05, 4.69) is 5.32 Å². The van der Waals surface area contributed by atoms with Crippen LogP contribution in [0.25, 0.3) is 0 Å². The molecule has 0 aliphatic rings. The van der Waals surface area contributed by atoms with Crippen LogP contribution in [0.5, 0.6) is 5.75 Å². The second kappa shape index (κ2) is 6.20. The van der Waals surface area contributed by atoms with Gasteiger partial charge in [-0.2, -0.15) is 0 Å². The molecule has 0 amide bonds. The molecule has 0 fully saturated rings. The topological polar surface area (TPSA) is 21.3 Å². The Morgan fingerprint density at radius 3 is 2.45 bits per heavy atom. The van der Waals surface area contributed by atoms with Crippen LogP contribution in [-0.4, -0.2) is 14.2 Å². The van der Waals surface area contributed by atoms with Crippen molar-refractivity contribution >= 4 is 11.6 Å². The lowest BCUT2D eigenvalue weighted by molar-refractivity contribution is 0.410. The molecule has 106 valence electrons. The van der Waals surface area contributed by atoms with Crippen LogP contribution in [0.3, 0.4) is 0 Å². The van der Waals surface area contributed by atoms with Crippen molar-refractivity contribution in [2.45, 2.75) is 6.04 Å². The largest absolute Gasteiger partial charge is 0.497 e. The van der Waals surface area contributed by atoms with Crippen LogP contribution in [0.1, 0.15) is 17.2 Å². The van der Waals surface area contributed by atoms with Crippen molar-refractivity contribution in [1.82, 2.24) is 5.32 Å². The molecule has 5 heteroatoms. The van der Waals surface area contributed by atoms with Crippen molar-refractivity contribution in [1.29, 1.82) is 0 Å². The Morgan fingerprint density at radius 2 is 1.85 bits per heavy atom. The lowest BCUT2D eigenvalue weighted by atomic mass is 9.98. The second-order valence-electron chi connectivity index (χ2n) is 4.27. The molecule has 1 N–H and O–H groups in total. The standard InChI is InChI=1S/C15H14ClF2NO/c1-19-15(12-7-9(17)3-6-13(12)16)11-5-4-10(20-2)8-14(11)18/h3-8,15,19H,1-2H3. The van der Waals surface area contributed by atoms with Crippen LogP contribution in [-0.2, 0) is 0 Å². The van der Waals surface area contributed by atoms with Gasteiger partial charge in [0.1, 0.15) is 17.4 Å². The highest BCUT2D eigenvalue weighted by atomic mass is 35.5. The van der Waals surface area contributed by atoms with Gasteiger partial charge in [0.05, 0.1) is 13.2 Å². The lowest BCUT2D eigenvalue weighted by Gasteiger charge is -2.19. The van der Waals surface area contributed by atoms with E-state index in [1.165, 1.54) is 31.4 Å². The van der Waals surface area contributed by atoms with E-state index in [1.54, 1.807) is 19.2 Å². The summed E-state index contributed by atoms with van der Waals surface area (Å²) in [6, 6.07) is 8.01. The molecule has 1 unspecified atom stereocenters. The summed E-state index contributed by atoms with van der Waals surface area (Å²) < 4.78 is 32.5. The molecule has 1 atom stereocenters. The third-order valence-electron chi connectivity index (χ3n) is 3.08. The van der Waals surface area contributed by atoms with E-state index in [0.29, 0.717) is 21.9 Å². The Balaban J connectivity index is 2.49. The van der Waals surface area contributed by atoms with E-state index in [9.17, 15) is 8.78 Å². The lowest BCUT2D eigenvalue weighted by Crippen LogP contribution is -2.19. The highest BCUT2D eigenvalue weighted by Gasteiger charge is 2.19. The minimum Gasteiger partial charge on any atom is -0.497 e. The van der Waals surface area contributed by atoms with Crippen molar-refractivity contribution in [3.05, 3.63) is 64.2 Å². The van der Waals surface area contributed by atoms with Crippen LogP contribution < -0.4 is 10.1 Å². The number of nitrogens with one attached hydrogen (secondary N) is 1. The van der Waals surface area contributed by atoms with E-state index in [1.807, 2.05) is 0 Å². The van der Waals surface area contributed by atoms with E-state index in [0.717, 1.165) is 0 Å². The van der Waals surface area contributed by atoms with Gasteiger partial charge >= 0.3 is 0 Å². The van der Waals surface area contributed by atoms with Gasteiger partial charge in [0.15, 0.2) is 0 Å². The van der Waals surface area contributed by atoms with Crippen molar-refractivity contribution < 1.29 is 13.5 Å². The Hall–Kier alpha value is -1.65. The maximum absolute atomic E-state index is 14.1. The molecule has 0 bridgehead atoms. The molecule has 2 nitrogen and oxygen atoms in total. The van der Waals surface area contributed by atoms with Gasteiger partial charge in [-0.15, -0.1) is 0 Å². The number of methoxy groups -OCH3 is 1. The first-order valence-electron chi connectivity index (χ1n) is 6.02. The summed E-state index contributed by atoms with van der Waals surface area (Å²) in [6.45, 7) is 0. The molecular formula is C15H14ClF2NO. The zero-order chi connectivity index (χ0) is 14.7. The zero-order valence-corrected chi connectivity index (χ0v) is 11.8. The van der Waals surface area contributed by atoms with E-state index in [-0.39, 0.29) is 0 Å². The fourth-order valence-corrected chi connectivity index (χ4v) is 2.31. The molecule has 0 heterocycles. The number of benzene rings is 2.